The molecular formula is C9H5F5N2O2. The van der Waals surface area contributed by atoms with Crippen LogP contribution in [0, 0.1) is 11.3 Å². The van der Waals surface area contributed by atoms with E-state index in [0.29, 0.717) is 6.07 Å². The first-order valence-electron chi connectivity index (χ1n) is 4.31. The summed E-state index contributed by atoms with van der Waals surface area (Å²) in [6, 6.07) is 1.80. The van der Waals surface area contributed by atoms with E-state index in [-0.39, 0.29) is 0 Å². The van der Waals surface area contributed by atoms with Crippen LogP contribution >= 0.6 is 0 Å². The minimum Gasteiger partial charge on any atom is -0.496 e. The Balaban J connectivity index is 3.32. The van der Waals surface area contributed by atoms with Crippen molar-refractivity contribution in [2.45, 2.75) is 12.8 Å². The monoisotopic (exact) mass is 268 g/mol. The van der Waals surface area contributed by atoms with Crippen LogP contribution in [0.5, 0.6) is 11.6 Å². The van der Waals surface area contributed by atoms with Crippen molar-refractivity contribution in [3.63, 3.8) is 0 Å². The zero-order valence-electron chi connectivity index (χ0n) is 8.76. The summed E-state index contributed by atoms with van der Waals surface area (Å²) in [5.74, 6) is -1.64. The van der Waals surface area contributed by atoms with Crippen molar-refractivity contribution in [2.75, 3.05) is 7.11 Å². The lowest BCUT2D eigenvalue weighted by Crippen LogP contribution is -2.18. The molecule has 1 aromatic rings. The summed E-state index contributed by atoms with van der Waals surface area (Å²) in [6.45, 7) is 0. The van der Waals surface area contributed by atoms with Crippen LogP contribution in [0.2, 0.25) is 0 Å². The van der Waals surface area contributed by atoms with Gasteiger partial charge in [0.25, 0.3) is 6.43 Å². The minimum absolute atomic E-state index is 0.538. The molecule has 0 saturated carbocycles. The van der Waals surface area contributed by atoms with Crippen molar-refractivity contribution in [2.24, 2.45) is 0 Å². The normalized spacial score (nSPS) is 11.2. The van der Waals surface area contributed by atoms with Crippen LogP contribution in [-0.2, 0) is 0 Å². The Morgan fingerprint density at radius 3 is 2.39 bits per heavy atom. The molecule has 1 rings (SSSR count). The van der Waals surface area contributed by atoms with Gasteiger partial charge in [0.2, 0.25) is 5.88 Å². The van der Waals surface area contributed by atoms with Crippen LogP contribution in [-0.4, -0.2) is 18.5 Å². The number of nitrogens with zero attached hydrogens (tertiary/aromatic N) is 2. The third-order valence-electron chi connectivity index (χ3n) is 1.76. The van der Waals surface area contributed by atoms with Gasteiger partial charge in [0.05, 0.1) is 12.7 Å². The lowest BCUT2D eigenvalue weighted by molar-refractivity contribution is -0.276. The second kappa shape index (κ2) is 5.03. The Morgan fingerprint density at radius 2 is 2.00 bits per heavy atom. The van der Waals surface area contributed by atoms with Crippen LogP contribution < -0.4 is 9.47 Å². The van der Waals surface area contributed by atoms with E-state index in [2.05, 4.69) is 14.5 Å². The van der Waals surface area contributed by atoms with E-state index in [1.54, 1.807) is 0 Å². The molecule has 1 heterocycles. The second-order valence-electron chi connectivity index (χ2n) is 2.89. The van der Waals surface area contributed by atoms with Gasteiger partial charge in [-0.2, -0.15) is 5.26 Å². The first-order chi connectivity index (χ1) is 8.28. The smallest absolute Gasteiger partial charge is 0.496 e. The highest BCUT2D eigenvalue weighted by Gasteiger charge is 2.33. The highest BCUT2D eigenvalue weighted by molar-refractivity contribution is 5.46. The van der Waals surface area contributed by atoms with Crippen molar-refractivity contribution in [3.05, 3.63) is 17.3 Å². The molecule has 0 bridgehead atoms. The lowest BCUT2D eigenvalue weighted by atomic mass is 10.2. The maximum Gasteiger partial charge on any atom is 0.574 e. The second-order valence-corrected chi connectivity index (χ2v) is 2.89. The molecule has 0 fully saturated rings. The zero-order chi connectivity index (χ0) is 13.9. The molecule has 1 aromatic heterocycles. The van der Waals surface area contributed by atoms with E-state index in [4.69, 9.17) is 5.26 Å². The van der Waals surface area contributed by atoms with Gasteiger partial charge in [-0.1, -0.05) is 0 Å². The summed E-state index contributed by atoms with van der Waals surface area (Å²) >= 11 is 0. The number of methoxy groups -OCH3 is 1. The third kappa shape index (κ3) is 3.19. The fourth-order valence-corrected chi connectivity index (χ4v) is 1.15. The van der Waals surface area contributed by atoms with Crippen LogP contribution in [0.15, 0.2) is 6.07 Å². The van der Waals surface area contributed by atoms with Crippen molar-refractivity contribution < 1.29 is 31.4 Å². The lowest BCUT2D eigenvalue weighted by Gasteiger charge is -2.12. The quantitative estimate of drug-likeness (QED) is 0.791. The standard InChI is InChI=1S/C9H5F5N2O2/c1-17-5-2-6(18-9(12,13)14)16-4(3-15)7(5)8(10)11/h2,8H,1H3. The SMILES string of the molecule is COc1cc(OC(F)(F)F)nc(C#N)c1C(F)F. The first-order valence-corrected chi connectivity index (χ1v) is 4.31. The summed E-state index contributed by atoms with van der Waals surface area (Å²) < 4.78 is 68.9. The van der Waals surface area contributed by atoms with Gasteiger partial charge in [-0.25, -0.2) is 13.8 Å². The molecule has 0 aromatic carbocycles. The summed E-state index contributed by atoms with van der Waals surface area (Å²) in [4.78, 5) is 3.04. The number of hydrogen-bond donors (Lipinski definition) is 0. The maximum atomic E-state index is 12.6. The average molecular weight is 268 g/mol. The molecule has 0 unspecified atom stereocenters. The molecule has 0 N–H and O–H groups in total. The number of halogens is 5. The molecule has 0 amide bonds. The van der Waals surface area contributed by atoms with E-state index in [1.807, 2.05) is 0 Å². The Bertz CT molecular complexity index is 481. The van der Waals surface area contributed by atoms with Crippen LogP contribution in [0.3, 0.4) is 0 Å². The highest BCUT2D eigenvalue weighted by atomic mass is 19.4. The molecule has 9 heteroatoms. The highest BCUT2D eigenvalue weighted by Crippen LogP contribution is 2.34. The Kier molecular flexibility index (Phi) is 3.90. The minimum atomic E-state index is -5.04. The zero-order valence-corrected chi connectivity index (χ0v) is 8.76. The van der Waals surface area contributed by atoms with Crippen molar-refractivity contribution in [3.8, 4) is 17.7 Å². The van der Waals surface area contributed by atoms with E-state index >= 15 is 0 Å². The van der Waals surface area contributed by atoms with E-state index in [9.17, 15) is 22.0 Å². The van der Waals surface area contributed by atoms with Crippen molar-refractivity contribution in [1.29, 1.82) is 5.26 Å². The molecule has 18 heavy (non-hydrogen) atoms. The Morgan fingerprint density at radius 1 is 1.39 bits per heavy atom. The van der Waals surface area contributed by atoms with Crippen molar-refractivity contribution in [1.82, 2.24) is 4.98 Å². The van der Waals surface area contributed by atoms with Gasteiger partial charge in [-0.15, -0.1) is 13.2 Å². The van der Waals surface area contributed by atoms with E-state index in [0.717, 1.165) is 7.11 Å². The summed E-state index contributed by atoms with van der Waals surface area (Å²) in [7, 11) is 0.972. The number of aromatic nitrogens is 1. The Labute approximate surface area is 97.6 Å². The maximum absolute atomic E-state index is 12.6. The molecule has 0 atom stereocenters. The van der Waals surface area contributed by atoms with Gasteiger partial charge in [-0.05, 0) is 0 Å². The van der Waals surface area contributed by atoms with Crippen LogP contribution in [0.25, 0.3) is 0 Å². The third-order valence-corrected chi connectivity index (χ3v) is 1.76. The predicted octanol–water partition coefficient (Wildman–Crippen LogP) is 2.80. The number of pyridine rings is 1. The van der Waals surface area contributed by atoms with E-state index < -0.39 is 35.7 Å². The molecule has 0 radical (unpaired) electrons. The fourth-order valence-electron chi connectivity index (χ4n) is 1.15. The van der Waals surface area contributed by atoms with Gasteiger partial charge >= 0.3 is 6.36 Å². The topological polar surface area (TPSA) is 55.1 Å². The van der Waals surface area contributed by atoms with Gasteiger partial charge in [-0.3, -0.25) is 0 Å². The molecule has 98 valence electrons. The first kappa shape index (κ1) is 14.0. The average Bonchev–Trinajstić information content (AvgIpc) is 2.24. The number of rotatable bonds is 3. The predicted molar refractivity (Wildman–Crippen MR) is 47.1 cm³/mol. The number of alkyl halides is 5. The summed E-state index contributed by atoms with van der Waals surface area (Å²) in [6.07, 6.45) is -8.15. The van der Waals surface area contributed by atoms with Crippen molar-refractivity contribution >= 4 is 0 Å². The molecule has 0 aliphatic rings. The number of hydrogen-bond acceptors (Lipinski definition) is 4. The Hall–Kier alpha value is -2.11. The molecule has 4 nitrogen and oxygen atoms in total. The largest absolute Gasteiger partial charge is 0.574 e. The fraction of sp³-hybridized carbons (Fsp3) is 0.333. The molecule has 0 saturated heterocycles. The van der Waals surface area contributed by atoms with Gasteiger partial charge in [0.1, 0.15) is 11.8 Å². The van der Waals surface area contributed by atoms with Gasteiger partial charge < -0.3 is 9.47 Å². The van der Waals surface area contributed by atoms with Gasteiger partial charge in [0, 0.05) is 6.07 Å². The summed E-state index contributed by atoms with van der Waals surface area (Å²) in [5.41, 5.74) is -1.77. The molecule has 0 aliphatic heterocycles. The van der Waals surface area contributed by atoms with Gasteiger partial charge in [0.15, 0.2) is 5.69 Å². The van der Waals surface area contributed by atoms with Crippen LogP contribution in [0.1, 0.15) is 17.7 Å². The molecular weight excluding hydrogens is 263 g/mol. The number of nitriles is 1. The summed E-state index contributed by atoms with van der Waals surface area (Å²) in [5, 5.41) is 8.57. The molecule has 0 spiro atoms. The van der Waals surface area contributed by atoms with Crippen LogP contribution in [0.4, 0.5) is 22.0 Å². The number of ether oxygens (including phenoxy) is 2. The van der Waals surface area contributed by atoms with E-state index in [1.165, 1.54) is 6.07 Å². The molecule has 0 aliphatic carbocycles.